The van der Waals surface area contributed by atoms with Crippen LogP contribution in [0.1, 0.15) is 60.2 Å². The molecule has 2 aromatic rings. The first-order chi connectivity index (χ1) is 17.5. The Balaban J connectivity index is 1.34. The Hall–Kier alpha value is -2.98. The van der Waals surface area contributed by atoms with Crippen LogP contribution < -0.4 is 5.32 Å². The van der Waals surface area contributed by atoms with Crippen LogP contribution in [0.15, 0.2) is 30.5 Å². The Kier molecular flexibility index (Phi) is 6.52. The predicted octanol–water partition coefficient (Wildman–Crippen LogP) is 4.14. The average molecular weight is 517 g/mol. The number of hydrogen-bond donors (Lipinski definition) is 1. The fourth-order valence-corrected chi connectivity index (χ4v) is 5.86. The molecule has 0 saturated carbocycles. The number of likely N-dealkylation sites (tertiary alicyclic amines) is 1. The van der Waals surface area contributed by atoms with E-state index in [0.29, 0.717) is 43.7 Å². The van der Waals surface area contributed by atoms with Crippen LogP contribution in [0.4, 0.5) is 18.9 Å². The highest BCUT2D eigenvalue weighted by atomic mass is 19.4. The fraction of sp³-hybridized carbons (Fsp3) is 0.519. The van der Waals surface area contributed by atoms with Gasteiger partial charge in [-0.1, -0.05) is 12.1 Å². The van der Waals surface area contributed by atoms with Gasteiger partial charge < -0.3 is 15.0 Å². The number of amides is 2. The number of halogens is 3. The van der Waals surface area contributed by atoms with E-state index >= 15 is 0 Å². The van der Waals surface area contributed by atoms with Crippen molar-refractivity contribution in [2.45, 2.75) is 51.4 Å². The van der Waals surface area contributed by atoms with Gasteiger partial charge >= 0.3 is 6.18 Å². The van der Waals surface area contributed by atoms with Crippen molar-refractivity contribution in [3.63, 3.8) is 0 Å². The standard InChI is InChI=1S/C27H31F3N4O3/c1-16-21-11-18(4-5-23(21)32-24(16)35)17(2)34-9-7-26(14-34,15-37-3)25(36)33-8-6-22-19(13-33)10-20(12-31-22)27(28,29)30/h4-5,10-12,16-17H,6-9,13-15H2,1-3H3,(H,32,35). The molecular formula is C27H31F3N4O3. The summed E-state index contributed by atoms with van der Waals surface area (Å²) in [6, 6.07) is 7.13. The zero-order valence-electron chi connectivity index (χ0n) is 21.2. The zero-order chi connectivity index (χ0) is 26.5. The molecule has 3 aliphatic heterocycles. The second-order valence-electron chi connectivity index (χ2n) is 10.5. The molecule has 7 nitrogen and oxygen atoms in total. The third kappa shape index (κ3) is 4.61. The number of nitrogens with zero attached hydrogens (tertiary/aromatic N) is 3. The number of benzene rings is 1. The molecule has 3 aliphatic rings. The van der Waals surface area contributed by atoms with Crippen molar-refractivity contribution < 1.29 is 27.5 Å². The number of alkyl halides is 3. The number of anilines is 1. The minimum Gasteiger partial charge on any atom is -0.384 e. The normalized spacial score (nSPS) is 24.5. The molecule has 3 atom stereocenters. The van der Waals surface area contributed by atoms with Gasteiger partial charge in [-0.25, -0.2) is 0 Å². The molecule has 1 aromatic heterocycles. The summed E-state index contributed by atoms with van der Waals surface area (Å²) >= 11 is 0. The summed E-state index contributed by atoms with van der Waals surface area (Å²) in [7, 11) is 1.57. The van der Waals surface area contributed by atoms with Gasteiger partial charge in [0, 0.05) is 56.8 Å². The molecule has 10 heteroatoms. The minimum atomic E-state index is -4.48. The third-order valence-electron chi connectivity index (χ3n) is 8.14. The maximum Gasteiger partial charge on any atom is 0.417 e. The second-order valence-corrected chi connectivity index (χ2v) is 10.5. The van der Waals surface area contributed by atoms with Crippen molar-refractivity contribution in [1.29, 1.82) is 0 Å². The molecule has 0 spiro atoms. The summed E-state index contributed by atoms with van der Waals surface area (Å²) in [6.45, 7) is 5.89. The van der Waals surface area contributed by atoms with Gasteiger partial charge in [0.1, 0.15) is 0 Å². The van der Waals surface area contributed by atoms with E-state index in [1.54, 1.807) is 12.0 Å². The van der Waals surface area contributed by atoms with Gasteiger partial charge in [-0.15, -0.1) is 0 Å². The summed E-state index contributed by atoms with van der Waals surface area (Å²) in [5.41, 5.74) is 2.36. The van der Waals surface area contributed by atoms with Gasteiger partial charge in [0.15, 0.2) is 0 Å². The zero-order valence-corrected chi connectivity index (χ0v) is 21.2. The Bertz CT molecular complexity index is 1230. The number of ether oxygens (including phenoxy) is 1. The van der Waals surface area contributed by atoms with Gasteiger partial charge in [0.25, 0.3) is 0 Å². The first-order valence-corrected chi connectivity index (χ1v) is 12.5. The number of nitrogens with one attached hydrogen (secondary N) is 1. The Morgan fingerprint density at radius 3 is 2.81 bits per heavy atom. The number of methoxy groups -OCH3 is 1. The number of pyridine rings is 1. The number of carbonyl (C=O) groups is 2. The van der Waals surface area contributed by atoms with Crippen LogP contribution in [0, 0.1) is 5.41 Å². The fourth-order valence-electron chi connectivity index (χ4n) is 5.86. The number of hydrogen-bond acceptors (Lipinski definition) is 5. The van der Waals surface area contributed by atoms with Gasteiger partial charge in [-0.3, -0.25) is 19.5 Å². The van der Waals surface area contributed by atoms with Gasteiger partial charge in [-0.05, 0) is 55.6 Å². The molecule has 1 N–H and O–H groups in total. The SMILES string of the molecule is COCC1(C(=O)N2CCc3ncc(C(F)(F)F)cc3C2)CCN(C(C)c2ccc3c(c2)C(C)C(=O)N3)C1. The molecule has 1 aromatic carbocycles. The van der Waals surface area contributed by atoms with Crippen molar-refractivity contribution in [3.05, 3.63) is 58.4 Å². The van der Waals surface area contributed by atoms with Crippen LogP contribution in [0.25, 0.3) is 0 Å². The van der Waals surface area contributed by atoms with Crippen LogP contribution in [0.3, 0.4) is 0 Å². The smallest absolute Gasteiger partial charge is 0.384 e. The molecule has 3 unspecified atom stereocenters. The lowest BCUT2D eigenvalue weighted by molar-refractivity contribution is -0.145. The first kappa shape index (κ1) is 25.7. The van der Waals surface area contributed by atoms with E-state index in [0.717, 1.165) is 29.1 Å². The average Bonchev–Trinajstić information content (AvgIpc) is 3.43. The van der Waals surface area contributed by atoms with Gasteiger partial charge in [0.05, 0.1) is 23.5 Å². The lowest BCUT2D eigenvalue weighted by atomic mass is 9.85. The predicted molar refractivity (Wildman–Crippen MR) is 131 cm³/mol. The van der Waals surface area contributed by atoms with E-state index in [1.807, 2.05) is 19.1 Å². The lowest BCUT2D eigenvalue weighted by Gasteiger charge is -2.37. The van der Waals surface area contributed by atoms with Crippen molar-refractivity contribution in [2.75, 3.05) is 38.7 Å². The van der Waals surface area contributed by atoms with E-state index in [9.17, 15) is 22.8 Å². The van der Waals surface area contributed by atoms with Crippen molar-refractivity contribution in [1.82, 2.24) is 14.8 Å². The number of aromatic nitrogens is 1. The Labute approximate surface area is 214 Å². The van der Waals surface area contributed by atoms with Crippen molar-refractivity contribution in [2.24, 2.45) is 5.41 Å². The molecule has 0 aliphatic carbocycles. The molecule has 1 saturated heterocycles. The molecule has 5 rings (SSSR count). The summed E-state index contributed by atoms with van der Waals surface area (Å²) in [6.07, 6.45) is -2.60. The minimum absolute atomic E-state index is 0.00802. The summed E-state index contributed by atoms with van der Waals surface area (Å²) in [5, 5.41) is 2.90. The quantitative estimate of drug-likeness (QED) is 0.647. The number of rotatable bonds is 5. The van der Waals surface area contributed by atoms with Crippen LogP contribution in [-0.2, 0) is 33.5 Å². The van der Waals surface area contributed by atoms with Gasteiger partial charge in [-0.2, -0.15) is 13.2 Å². The highest BCUT2D eigenvalue weighted by molar-refractivity contribution is 6.02. The molecule has 4 heterocycles. The van der Waals surface area contributed by atoms with E-state index < -0.39 is 17.2 Å². The highest BCUT2D eigenvalue weighted by Gasteiger charge is 2.48. The molecule has 1 fully saturated rings. The third-order valence-corrected chi connectivity index (χ3v) is 8.14. The van der Waals surface area contributed by atoms with Gasteiger partial charge in [0.2, 0.25) is 11.8 Å². The molecule has 0 bridgehead atoms. The molecular weight excluding hydrogens is 485 g/mol. The highest BCUT2D eigenvalue weighted by Crippen LogP contribution is 2.41. The van der Waals surface area contributed by atoms with E-state index in [4.69, 9.17) is 4.74 Å². The topological polar surface area (TPSA) is 74.8 Å². The maximum atomic E-state index is 13.9. The lowest BCUT2D eigenvalue weighted by Crippen LogP contribution is -2.49. The Morgan fingerprint density at radius 2 is 2.08 bits per heavy atom. The van der Waals surface area contributed by atoms with Crippen LogP contribution in [0.5, 0.6) is 0 Å². The van der Waals surface area contributed by atoms with E-state index in [2.05, 4.69) is 28.2 Å². The van der Waals surface area contributed by atoms with E-state index in [1.165, 1.54) is 0 Å². The van der Waals surface area contributed by atoms with Crippen LogP contribution >= 0.6 is 0 Å². The molecule has 0 radical (unpaired) electrons. The number of carbonyl (C=O) groups excluding carboxylic acids is 2. The number of fused-ring (bicyclic) bond motifs is 2. The Morgan fingerprint density at radius 1 is 1.30 bits per heavy atom. The van der Waals surface area contributed by atoms with Crippen molar-refractivity contribution >= 4 is 17.5 Å². The van der Waals surface area contributed by atoms with E-state index in [-0.39, 0.29) is 36.9 Å². The van der Waals surface area contributed by atoms with Crippen molar-refractivity contribution in [3.8, 4) is 0 Å². The summed E-state index contributed by atoms with van der Waals surface area (Å²) in [5.74, 6) is -0.306. The molecule has 37 heavy (non-hydrogen) atoms. The monoisotopic (exact) mass is 516 g/mol. The largest absolute Gasteiger partial charge is 0.417 e. The summed E-state index contributed by atoms with van der Waals surface area (Å²) < 4.78 is 45.2. The first-order valence-electron chi connectivity index (χ1n) is 12.5. The maximum absolute atomic E-state index is 13.9. The van der Waals surface area contributed by atoms with Crippen LogP contribution in [-0.4, -0.2) is 59.9 Å². The molecule has 198 valence electrons. The molecule has 2 amide bonds. The summed E-state index contributed by atoms with van der Waals surface area (Å²) in [4.78, 5) is 33.9. The second kappa shape index (κ2) is 9.40. The van der Waals surface area contributed by atoms with Crippen LogP contribution in [0.2, 0.25) is 0 Å².